The van der Waals surface area contributed by atoms with Crippen LogP contribution in [0.5, 0.6) is 5.75 Å². The normalized spacial score (nSPS) is 20.1. The van der Waals surface area contributed by atoms with Gasteiger partial charge in [0.1, 0.15) is 36.5 Å². The van der Waals surface area contributed by atoms with Gasteiger partial charge >= 0.3 is 0 Å². The van der Waals surface area contributed by atoms with Crippen LogP contribution in [0.15, 0.2) is 66.2 Å². The highest BCUT2D eigenvalue weighted by atomic mass is 32.1. The first-order valence-electron chi connectivity index (χ1n) is 30.9. The van der Waals surface area contributed by atoms with Crippen molar-refractivity contribution < 1.29 is 66.5 Å². The van der Waals surface area contributed by atoms with Crippen LogP contribution in [-0.4, -0.2) is 164 Å². The Morgan fingerprint density at radius 2 is 1.65 bits per heavy atom. The lowest BCUT2D eigenvalue weighted by Crippen LogP contribution is -2.61. The fourth-order valence-electron chi connectivity index (χ4n) is 12.1. The monoisotopic (exact) mass is 1290 g/mol. The Balaban J connectivity index is 0.865. The first-order chi connectivity index (χ1) is 43.0. The topological polar surface area (TPSA) is 322 Å². The van der Waals surface area contributed by atoms with Crippen LogP contribution in [0, 0.1) is 25.1 Å². The maximum absolute atomic E-state index is 16.4. The van der Waals surface area contributed by atoms with Crippen molar-refractivity contribution in [2.24, 2.45) is 11.1 Å². The number of amides is 8. The molecule has 26 heteroatoms. The highest BCUT2D eigenvalue weighted by Crippen LogP contribution is 2.46. The number of unbranched alkanes of at least 4 members (excludes halogenated alkanes) is 1. The van der Waals surface area contributed by atoms with Crippen LogP contribution in [0.3, 0.4) is 0 Å². The molecule has 2 aromatic heterocycles. The second-order valence-electron chi connectivity index (χ2n) is 25.2. The van der Waals surface area contributed by atoms with E-state index in [4.69, 9.17) is 15.0 Å². The zero-order valence-corrected chi connectivity index (χ0v) is 54.7. The highest BCUT2D eigenvalue weighted by Gasteiger charge is 2.47. The molecule has 8 rings (SSSR count). The van der Waals surface area contributed by atoms with Gasteiger partial charge in [0.2, 0.25) is 46.9 Å². The van der Waals surface area contributed by atoms with Crippen molar-refractivity contribution in [3.05, 3.63) is 106 Å². The number of aliphatic hydroxyl groups is 1. The molecule has 490 valence electrons. The van der Waals surface area contributed by atoms with Crippen LogP contribution in [0.2, 0.25) is 0 Å². The second kappa shape index (κ2) is 29.6. The van der Waals surface area contributed by atoms with E-state index >= 15 is 4.39 Å². The number of β-amino-alcohol motifs (C(OH)–C–C–N with tert-alkyl or cyclic N) is 1. The molecule has 23 nitrogen and oxygen atoms in total. The predicted molar refractivity (Wildman–Crippen MR) is 340 cm³/mol. The van der Waals surface area contributed by atoms with E-state index in [1.807, 2.05) is 38.1 Å². The van der Waals surface area contributed by atoms with E-state index in [0.29, 0.717) is 47.7 Å². The van der Waals surface area contributed by atoms with Gasteiger partial charge in [0, 0.05) is 75.0 Å². The van der Waals surface area contributed by atoms with E-state index in [9.17, 15) is 52.8 Å². The molecule has 0 bridgehead atoms. The molecule has 9 atom stereocenters. The molecule has 91 heavy (non-hydrogen) atoms. The number of aromatic nitrogens is 2. The van der Waals surface area contributed by atoms with Crippen molar-refractivity contribution in [1.29, 1.82) is 0 Å². The van der Waals surface area contributed by atoms with Gasteiger partial charge in [-0.15, -0.1) is 11.3 Å². The quantitative estimate of drug-likeness (QED) is 0.0235. The number of hydrogen-bond donors (Lipinski definition) is 7. The third kappa shape index (κ3) is 17.0. The van der Waals surface area contributed by atoms with Crippen LogP contribution in [0.4, 0.5) is 4.39 Å². The number of thiazole rings is 1. The first kappa shape index (κ1) is 69.0. The van der Waals surface area contributed by atoms with Crippen molar-refractivity contribution >= 4 is 82.4 Å². The summed E-state index contributed by atoms with van der Waals surface area (Å²) < 4.78 is 40.6. The number of rotatable bonds is 25. The lowest BCUT2D eigenvalue weighted by molar-refractivity contribution is -0.145. The summed E-state index contributed by atoms with van der Waals surface area (Å²) >= 11 is 1.54. The van der Waals surface area contributed by atoms with Crippen LogP contribution in [0.25, 0.3) is 21.3 Å². The predicted octanol–water partition coefficient (Wildman–Crippen LogP) is 6.75. The van der Waals surface area contributed by atoms with Gasteiger partial charge in [0.15, 0.2) is 11.6 Å². The van der Waals surface area contributed by atoms with E-state index in [0.717, 1.165) is 21.7 Å². The van der Waals surface area contributed by atoms with Crippen molar-refractivity contribution in [2.45, 2.75) is 168 Å². The summed E-state index contributed by atoms with van der Waals surface area (Å²) in [5, 5.41) is 22.8. The van der Waals surface area contributed by atoms with Gasteiger partial charge in [-0.05, 0) is 131 Å². The first-order valence-corrected chi connectivity index (χ1v) is 33.9. The molecule has 0 radical (unpaired) electrons. The summed E-state index contributed by atoms with van der Waals surface area (Å²) in [5.41, 5.74) is 10.3. The molecule has 8 N–H and O–H groups in total. The summed E-state index contributed by atoms with van der Waals surface area (Å²) in [6.07, 6.45) is 0.787. The number of aryl methyl sites for hydroxylation is 3. The van der Waals surface area contributed by atoms with Gasteiger partial charge in [0.05, 0.1) is 40.9 Å². The third-order valence-corrected chi connectivity index (χ3v) is 19.8. The van der Waals surface area contributed by atoms with Crippen LogP contribution < -0.4 is 31.7 Å². The van der Waals surface area contributed by atoms with Gasteiger partial charge in [-0.3, -0.25) is 47.7 Å². The lowest BCUT2D eigenvalue weighted by atomic mass is 9.85. The minimum absolute atomic E-state index is 0.000748. The SMILES string of the molecule is CCOP(C)(=O)C(=O)c1ccc2[nH]c(C(=O)N[C@H]3CN(C(C)=O)CC[C@H]4CC[C@@H](C(=O)N[C@@H](CCC(N)=O)COc5cc(C)cc(CCCCC(=O)N[C@H](C(=O)N6C[C@H](O)C[C@H]6C(=O)N[C@@H](C)c6ccc(-c7scnc7C)cc6)C(C)(C)C)c5F)N4C3=O)cc2c1. The molecule has 1 unspecified atom stereocenters. The number of nitrogens with zero attached hydrogens (tertiary/aromatic N) is 4. The number of H-pyrrole nitrogens is 1. The van der Waals surface area contributed by atoms with Crippen LogP contribution in [-0.2, 0) is 49.1 Å². The summed E-state index contributed by atoms with van der Waals surface area (Å²) in [6.45, 7) is 14.9. The number of nitrogens with one attached hydrogen (secondary N) is 5. The summed E-state index contributed by atoms with van der Waals surface area (Å²) in [7, 11) is -3.63. The van der Waals surface area contributed by atoms with Gasteiger partial charge in [-0.2, -0.15) is 0 Å². The van der Waals surface area contributed by atoms with Crippen molar-refractivity contribution in [3.8, 4) is 16.2 Å². The van der Waals surface area contributed by atoms with E-state index in [-0.39, 0.29) is 94.3 Å². The van der Waals surface area contributed by atoms with Gasteiger partial charge in [-0.25, -0.2) is 9.37 Å². The molecule has 3 aliphatic rings. The molecule has 3 aromatic carbocycles. The number of primary amides is 1. The summed E-state index contributed by atoms with van der Waals surface area (Å²) in [6, 6.07) is 10.8. The van der Waals surface area contributed by atoms with E-state index < -0.39 is 114 Å². The van der Waals surface area contributed by atoms with Gasteiger partial charge in [-0.1, -0.05) is 51.1 Å². The lowest BCUT2D eigenvalue weighted by Gasteiger charge is -2.38. The van der Waals surface area contributed by atoms with Crippen molar-refractivity contribution in [2.75, 3.05) is 39.5 Å². The average Bonchev–Trinajstić information content (AvgIpc) is 1.71. The molecule has 5 aromatic rings. The Morgan fingerprint density at radius 1 is 0.923 bits per heavy atom. The van der Waals surface area contributed by atoms with Gasteiger partial charge in [0.25, 0.3) is 13.3 Å². The Hall–Kier alpha value is -7.86. The Morgan fingerprint density at radius 3 is 2.32 bits per heavy atom. The number of nitrogens with two attached hydrogens (primary N) is 1. The maximum atomic E-state index is 16.4. The number of halogens is 1. The number of carbonyl (C=O) groups excluding carboxylic acids is 9. The number of benzene rings is 3. The average molecular weight is 1300 g/mol. The minimum Gasteiger partial charge on any atom is -0.488 e. The summed E-state index contributed by atoms with van der Waals surface area (Å²) in [5.74, 6) is -4.99. The maximum Gasteiger partial charge on any atom is 0.268 e. The number of likely N-dealkylation sites (tertiary alicyclic amines) is 1. The van der Waals surface area contributed by atoms with Crippen LogP contribution >= 0.6 is 18.7 Å². The number of hydrogen-bond acceptors (Lipinski definition) is 15. The Kier molecular flexibility index (Phi) is 22.5. The highest BCUT2D eigenvalue weighted by molar-refractivity contribution is 7.76. The van der Waals surface area contributed by atoms with Crippen molar-refractivity contribution in [3.63, 3.8) is 0 Å². The zero-order chi connectivity index (χ0) is 66.2. The molecular formula is C65H84FN10O13PS. The molecule has 3 saturated heterocycles. The minimum atomic E-state index is -3.63. The number of aliphatic hydroxyl groups excluding tert-OH is 1. The fraction of sp³-hybridized carbons (Fsp3) is 0.508. The summed E-state index contributed by atoms with van der Waals surface area (Å²) in [4.78, 5) is 135. The zero-order valence-electron chi connectivity index (χ0n) is 53.0. The molecule has 0 aliphatic carbocycles. The standard InChI is InChI=1S/C65H84FN10O13PS/c1-10-89-90(9,87)64(86)43-19-22-48-44(29-43)30-49(71-48)59(81)72-50-33-74(39(5)77)26-25-46-21-23-51(76(46)62(50)84)60(82)70-45(20-24-54(67)79)34-88-53-28-36(2)27-42(56(53)66)13-11-12-14-55(80)73-58(65(6,7)8)63(85)75-32-47(78)31-52(75)61(83)69-37(3)40-15-17-41(18-16-40)57-38(4)68-35-91-57/h15-19,22,27-30,35,37,45-47,50-52,58,71,78H,10-14,20-21,23-26,31-34H2,1-9H3,(H2,67,79)(H,69,83)(H,70,82)(H,72,81)(H,73,80)/t37-,45-,46+,47+,50-,51-,52-,58+,90?/m0/s1. The van der Waals surface area contributed by atoms with E-state index in [1.54, 1.807) is 63.6 Å². The molecule has 0 saturated carbocycles. The second-order valence-corrected chi connectivity index (χ2v) is 28.4. The number of aromatic amines is 1. The Bertz CT molecular complexity index is 3610. The van der Waals surface area contributed by atoms with E-state index in [2.05, 4.69) is 31.2 Å². The Labute approximate surface area is 532 Å². The largest absolute Gasteiger partial charge is 0.488 e. The molecule has 0 spiro atoms. The smallest absolute Gasteiger partial charge is 0.268 e. The molecule has 3 fully saturated rings. The molecule has 8 amide bonds. The van der Waals surface area contributed by atoms with Gasteiger partial charge < -0.3 is 61.1 Å². The molecular weight excluding hydrogens is 1210 g/mol. The number of fused-ring (bicyclic) bond motifs is 2. The fourth-order valence-corrected chi connectivity index (χ4v) is 14.2. The van der Waals surface area contributed by atoms with E-state index in [1.165, 1.54) is 52.6 Å². The molecule has 3 aliphatic heterocycles. The van der Waals surface area contributed by atoms with Crippen molar-refractivity contribution in [1.82, 2.24) is 45.9 Å². The molecule has 5 heterocycles. The number of ether oxygens (including phenoxy) is 1. The third-order valence-electron chi connectivity index (χ3n) is 17.0. The number of carbonyl (C=O) groups is 9. The van der Waals surface area contributed by atoms with Crippen LogP contribution in [0.1, 0.15) is 149 Å².